The van der Waals surface area contributed by atoms with Gasteiger partial charge in [0.05, 0.1) is 0 Å². The van der Waals surface area contributed by atoms with Crippen molar-refractivity contribution in [2.75, 3.05) is 12.8 Å². The van der Waals surface area contributed by atoms with E-state index in [1.807, 2.05) is 11.8 Å². The van der Waals surface area contributed by atoms with Crippen LogP contribution >= 0.6 is 11.8 Å². The summed E-state index contributed by atoms with van der Waals surface area (Å²) >= 11 is 2.03. The van der Waals surface area contributed by atoms with Gasteiger partial charge in [0, 0.05) is 17.3 Å². The van der Waals surface area contributed by atoms with Crippen LogP contribution in [0.5, 0.6) is 0 Å². The second kappa shape index (κ2) is 7.00. The van der Waals surface area contributed by atoms with E-state index in [1.54, 1.807) is 5.56 Å². The van der Waals surface area contributed by atoms with Crippen LogP contribution in [-0.2, 0) is 0 Å². The molecule has 0 unspecified atom stereocenters. The van der Waals surface area contributed by atoms with E-state index in [9.17, 15) is 0 Å². The average molecular weight is 292 g/mol. The number of hydrogen-bond donors (Lipinski definition) is 1. The van der Waals surface area contributed by atoms with E-state index >= 15 is 0 Å². The van der Waals surface area contributed by atoms with Crippen molar-refractivity contribution in [3.63, 3.8) is 0 Å². The van der Waals surface area contributed by atoms with Gasteiger partial charge in [0.15, 0.2) is 0 Å². The number of thioether (sulfide) groups is 1. The van der Waals surface area contributed by atoms with E-state index < -0.39 is 0 Å². The smallest absolute Gasteiger partial charge is 0.0276 e. The largest absolute Gasteiger partial charge is 0.313 e. The molecule has 1 nitrogen and oxygen atoms in total. The molecule has 1 aromatic carbocycles. The van der Waals surface area contributed by atoms with E-state index in [4.69, 9.17) is 0 Å². The van der Waals surface area contributed by atoms with Crippen LogP contribution in [0.25, 0.3) is 0 Å². The molecule has 112 valence electrons. The Kier molecular flexibility index (Phi) is 5.57. The fourth-order valence-electron chi connectivity index (χ4n) is 3.27. The summed E-state index contributed by atoms with van der Waals surface area (Å²) < 4.78 is 0.438. The molecule has 1 N–H and O–H groups in total. The van der Waals surface area contributed by atoms with Gasteiger partial charge in [-0.3, -0.25) is 0 Å². The quantitative estimate of drug-likeness (QED) is 0.778. The zero-order valence-corrected chi connectivity index (χ0v) is 14.2. The van der Waals surface area contributed by atoms with Crippen molar-refractivity contribution >= 4 is 11.8 Å². The van der Waals surface area contributed by atoms with Gasteiger partial charge in [-0.15, -0.1) is 0 Å². The van der Waals surface area contributed by atoms with E-state index in [1.165, 1.54) is 31.2 Å². The van der Waals surface area contributed by atoms with E-state index in [-0.39, 0.29) is 0 Å². The van der Waals surface area contributed by atoms with Gasteiger partial charge in [-0.2, -0.15) is 11.8 Å². The van der Waals surface area contributed by atoms with Crippen LogP contribution in [0.15, 0.2) is 24.3 Å². The third kappa shape index (κ3) is 3.40. The molecule has 1 fully saturated rings. The minimum Gasteiger partial charge on any atom is -0.313 e. The molecule has 0 amide bonds. The molecule has 2 rings (SSSR count). The summed E-state index contributed by atoms with van der Waals surface area (Å²) in [6, 6.07) is 9.59. The summed E-state index contributed by atoms with van der Waals surface area (Å²) in [7, 11) is 0. The van der Waals surface area contributed by atoms with E-state index in [0.29, 0.717) is 4.75 Å². The first kappa shape index (κ1) is 15.9. The molecule has 0 bridgehead atoms. The minimum absolute atomic E-state index is 0.438. The van der Waals surface area contributed by atoms with Crippen LogP contribution in [0.1, 0.15) is 56.6 Å². The summed E-state index contributed by atoms with van der Waals surface area (Å²) in [6.45, 7) is 8.03. The lowest BCUT2D eigenvalue weighted by molar-refractivity contribution is 0.278. The normalized spacial score (nSPS) is 22.6. The fourth-order valence-corrected chi connectivity index (χ4v) is 4.08. The van der Waals surface area contributed by atoms with Gasteiger partial charge >= 0.3 is 0 Å². The molecule has 2 heteroatoms. The maximum absolute atomic E-state index is 3.81. The predicted molar refractivity (Wildman–Crippen MR) is 91.8 cm³/mol. The van der Waals surface area contributed by atoms with Crippen molar-refractivity contribution in [3.8, 4) is 0 Å². The molecule has 0 saturated heterocycles. The molecule has 0 radical (unpaired) electrons. The number of benzene rings is 1. The van der Waals surface area contributed by atoms with Crippen LogP contribution in [0, 0.1) is 6.92 Å². The molecule has 0 atom stereocenters. The Morgan fingerprint density at radius 3 is 2.40 bits per heavy atom. The Bertz CT molecular complexity index is 411. The van der Waals surface area contributed by atoms with Gasteiger partial charge in [-0.25, -0.2) is 0 Å². The number of hydrogen-bond acceptors (Lipinski definition) is 2. The summed E-state index contributed by atoms with van der Waals surface area (Å²) in [5, 5.41) is 3.81. The SMILES string of the molecule is CCC(CC)(CNC1CC(c2ccccc2C)C1)SC. The fraction of sp³-hybridized carbons (Fsp3) is 0.667. The van der Waals surface area contributed by atoms with Crippen LogP contribution in [0.2, 0.25) is 0 Å². The molecule has 0 aromatic heterocycles. The highest BCUT2D eigenvalue weighted by Gasteiger charge is 2.33. The van der Waals surface area contributed by atoms with Crippen molar-refractivity contribution < 1.29 is 0 Å². The highest BCUT2D eigenvalue weighted by atomic mass is 32.2. The molecule has 0 heterocycles. The van der Waals surface area contributed by atoms with Gasteiger partial charge in [-0.05, 0) is 55.9 Å². The molecule has 0 aliphatic heterocycles. The maximum atomic E-state index is 3.81. The van der Waals surface area contributed by atoms with Crippen LogP contribution in [0.3, 0.4) is 0 Å². The van der Waals surface area contributed by atoms with Crippen molar-refractivity contribution in [1.29, 1.82) is 0 Å². The minimum atomic E-state index is 0.438. The summed E-state index contributed by atoms with van der Waals surface area (Å²) in [5.41, 5.74) is 3.02. The summed E-state index contributed by atoms with van der Waals surface area (Å²) in [4.78, 5) is 0. The first-order chi connectivity index (χ1) is 9.64. The first-order valence-corrected chi connectivity index (χ1v) is 9.20. The third-order valence-corrected chi connectivity index (χ3v) is 6.79. The van der Waals surface area contributed by atoms with Crippen LogP contribution in [-0.4, -0.2) is 23.6 Å². The molecule has 0 spiro atoms. The molecule has 1 saturated carbocycles. The number of aryl methyl sites for hydroxylation is 1. The van der Waals surface area contributed by atoms with Gasteiger partial charge in [0.1, 0.15) is 0 Å². The average Bonchev–Trinajstić information content (AvgIpc) is 2.44. The first-order valence-electron chi connectivity index (χ1n) is 7.98. The van der Waals surface area contributed by atoms with Crippen LogP contribution in [0.4, 0.5) is 0 Å². The standard InChI is InChI=1S/C18H29NS/c1-5-18(6-2,20-4)13-19-16-11-15(12-16)17-10-8-7-9-14(17)3/h7-10,15-16,19H,5-6,11-13H2,1-4H3. The van der Waals surface area contributed by atoms with Gasteiger partial charge in [0.2, 0.25) is 0 Å². The summed E-state index contributed by atoms with van der Waals surface area (Å²) in [5.74, 6) is 0.778. The Hall–Kier alpha value is -0.470. The van der Waals surface area contributed by atoms with Crippen molar-refractivity contribution in [2.24, 2.45) is 0 Å². The highest BCUT2D eigenvalue weighted by Crippen LogP contribution is 2.39. The lowest BCUT2D eigenvalue weighted by Gasteiger charge is -2.40. The van der Waals surface area contributed by atoms with Gasteiger partial charge in [0.25, 0.3) is 0 Å². The Morgan fingerprint density at radius 2 is 1.85 bits per heavy atom. The Morgan fingerprint density at radius 1 is 1.20 bits per heavy atom. The molecular formula is C18H29NS. The lowest BCUT2D eigenvalue weighted by atomic mass is 9.74. The van der Waals surface area contributed by atoms with E-state index in [2.05, 4.69) is 56.6 Å². The third-order valence-electron chi connectivity index (χ3n) is 5.20. The zero-order valence-electron chi connectivity index (χ0n) is 13.4. The molecular weight excluding hydrogens is 262 g/mol. The van der Waals surface area contributed by atoms with Gasteiger partial charge in [-0.1, -0.05) is 38.1 Å². The Labute approximate surface area is 128 Å². The zero-order chi connectivity index (χ0) is 14.6. The van der Waals surface area contributed by atoms with Crippen molar-refractivity contribution in [3.05, 3.63) is 35.4 Å². The van der Waals surface area contributed by atoms with E-state index in [0.717, 1.165) is 18.5 Å². The molecule has 1 aromatic rings. The topological polar surface area (TPSA) is 12.0 Å². The monoisotopic (exact) mass is 291 g/mol. The second-order valence-corrected chi connectivity index (χ2v) is 7.47. The van der Waals surface area contributed by atoms with Crippen LogP contribution < -0.4 is 5.32 Å². The predicted octanol–water partition coefficient (Wildman–Crippen LogP) is 4.75. The number of rotatable bonds is 7. The van der Waals surface area contributed by atoms with Gasteiger partial charge < -0.3 is 5.32 Å². The molecule has 20 heavy (non-hydrogen) atoms. The highest BCUT2D eigenvalue weighted by molar-refractivity contribution is 8.00. The second-order valence-electron chi connectivity index (χ2n) is 6.20. The summed E-state index contributed by atoms with van der Waals surface area (Å²) in [6.07, 6.45) is 7.38. The van der Waals surface area contributed by atoms with Crippen molar-refractivity contribution in [1.82, 2.24) is 5.32 Å². The molecule has 1 aliphatic rings. The lowest BCUT2D eigenvalue weighted by Crippen LogP contribution is -2.46. The molecule has 1 aliphatic carbocycles. The van der Waals surface area contributed by atoms with Crippen molar-refractivity contribution in [2.45, 2.75) is 63.2 Å². The maximum Gasteiger partial charge on any atom is 0.0276 e. The Balaban J connectivity index is 1.81. The number of nitrogens with one attached hydrogen (secondary N) is 1.